The molecular weight excluding hydrogens is 554 g/mol. The summed E-state index contributed by atoms with van der Waals surface area (Å²) in [6.45, 7) is 5.41. The largest absolute Gasteiger partial charge is 0.497 e. The number of benzene rings is 3. The molecule has 0 radical (unpaired) electrons. The summed E-state index contributed by atoms with van der Waals surface area (Å²) in [7, 11) is -1.03. The molecular formula is C32H41N3O6S. The molecule has 0 saturated heterocycles. The molecule has 42 heavy (non-hydrogen) atoms. The highest BCUT2D eigenvalue weighted by molar-refractivity contribution is 7.92. The topological polar surface area (TPSA) is 105 Å². The van der Waals surface area contributed by atoms with Crippen LogP contribution in [0.3, 0.4) is 0 Å². The Labute approximate surface area is 249 Å². The van der Waals surface area contributed by atoms with E-state index in [9.17, 15) is 18.0 Å². The molecule has 2 amide bonds. The van der Waals surface area contributed by atoms with Crippen LogP contribution < -0.4 is 19.1 Å². The van der Waals surface area contributed by atoms with Crippen molar-refractivity contribution in [1.29, 1.82) is 0 Å². The molecule has 0 fully saturated rings. The van der Waals surface area contributed by atoms with Gasteiger partial charge in [0.2, 0.25) is 21.8 Å². The fourth-order valence-corrected chi connectivity index (χ4v) is 5.40. The number of nitrogens with zero attached hydrogens (tertiary/aromatic N) is 2. The molecule has 0 aliphatic heterocycles. The van der Waals surface area contributed by atoms with Gasteiger partial charge < -0.3 is 19.7 Å². The van der Waals surface area contributed by atoms with Gasteiger partial charge in [0.15, 0.2) is 0 Å². The van der Waals surface area contributed by atoms with Crippen LogP contribution in [0.15, 0.2) is 72.8 Å². The van der Waals surface area contributed by atoms with E-state index in [2.05, 4.69) is 5.32 Å². The number of methoxy groups -OCH3 is 2. The van der Waals surface area contributed by atoms with Gasteiger partial charge in [-0.2, -0.15) is 0 Å². The Bertz CT molecular complexity index is 1460. The van der Waals surface area contributed by atoms with E-state index in [-0.39, 0.29) is 36.4 Å². The first-order valence-corrected chi connectivity index (χ1v) is 15.7. The molecule has 0 unspecified atom stereocenters. The maximum atomic E-state index is 14.3. The minimum atomic E-state index is -3.94. The molecule has 3 rings (SSSR count). The molecule has 3 aromatic rings. The summed E-state index contributed by atoms with van der Waals surface area (Å²) in [4.78, 5) is 29.6. The lowest BCUT2D eigenvalue weighted by atomic mass is 10.0. The summed E-state index contributed by atoms with van der Waals surface area (Å²) in [5, 5.41) is 3.03. The fourth-order valence-electron chi connectivity index (χ4n) is 4.55. The number of amides is 2. The summed E-state index contributed by atoms with van der Waals surface area (Å²) < 4.78 is 37.9. The molecule has 0 spiro atoms. The van der Waals surface area contributed by atoms with E-state index in [0.29, 0.717) is 12.2 Å². The Balaban J connectivity index is 2.11. The summed E-state index contributed by atoms with van der Waals surface area (Å²) in [5.41, 5.74) is 2.87. The van der Waals surface area contributed by atoms with Gasteiger partial charge in [-0.15, -0.1) is 0 Å². The second-order valence-corrected chi connectivity index (χ2v) is 12.2. The molecule has 2 atom stereocenters. The monoisotopic (exact) mass is 595 g/mol. The Kier molecular flexibility index (Phi) is 11.4. The van der Waals surface area contributed by atoms with Crippen molar-refractivity contribution in [2.24, 2.45) is 0 Å². The number of anilines is 1. The van der Waals surface area contributed by atoms with E-state index in [1.807, 2.05) is 75.4 Å². The second-order valence-electron chi connectivity index (χ2n) is 10.3. The molecule has 9 nitrogen and oxygen atoms in total. The van der Waals surface area contributed by atoms with Crippen molar-refractivity contribution in [3.8, 4) is 11.5 Å². The fraction of sp³-hybridized carbons (Fsp3) is 0.375. The molecule has 10 heteroatoms. The van der Waals surface area contributed by atoms with Gasteiger partial charge in [0.25, 0.3) is 0 Å². The normalized spacial score (nSPS) is 12.6. The van der Waals surface area contributed by atoms with Crippen LogP contribution in [-0.2, 0) is 32.6 Å². The van der Waals surface area contributed by atoms with Crippen molar-refractivity contribution in [3.05, 3.63) is 89.5 Å². The smallest absolute Gasteiger partial charge is 0.244 e. The molecule has 226 valence electrons. The molecule has 3 aromatic carbocycles. The Morgan fingerprint density at radius 3 is 2.21 bits per heavy atom. The Morgan fingerprint density at radius 2 is 1.62 bits per heavy atom. The Hall–Kier alpha value is -4.05. The van der Waals surface area contributed by atoms with E-state index >= 15 is 0 Å². The first-order chi connectivity index (χ1) is 20.0. The molecule has 1 N–H and O–H groups in total. The zero-order chi connectivity index (χ0) is 30.9. The number of carbonyl (C=O) groups is 2. The van der Waals surface area contributed by atoms with Crippen LogP contribution in [0.2, 0.25) is 0 Å². The second kappa shape index (κ2) is 14.7. The van der Waals surface area contributed by atoms with E-state index in [0.717, 1.165) is 27.3 Å². The number of hydrogen-bond donors (Lipinski definition) is 1. The highest BCUT2D eigenvalue weighted by Gasteiger charge is 2.34. The third-order valence-corrected chi connectivity index (χ3v) is 8.34. The molecule has 0 aromatic heterocycles. The molecule has 0 aliphatic rings. The van der Waals surface area contributed by atoms with Gasteiger partial charge in [0, 0.05) is 25.1 Å². The van der Waals surface area contributed by atoms with Crippen LogP contribution in [-0.4, -0.2) is 64.2 Å². The zero-order valence-corrected chi connectivity index (χ0v) is 26.0. The number of aryl methyl sites for hydroxylation is 1. The van der Waals surface area contributed by atoms with Crippen LogP contribution in [0.4, 0.5) is 5.69 Å². The van der Waals surface area contributed by atoms with E-state index < -0.39 is 28.5 Å². The van der Waals surface area contributed by atoms with Gasteiger partial charge in [0.1, 0.15) is 24.1 Å². The molecule has 0 aliphatic carbocycles. The lowest BCUT2D eigenvalue weighted by Crippen LogP contribution is -2.54. The van der Waals surface area contributed by atoms with Crippen LogP contribution in [0.1, 0.15) is 37.0 Å². The average Bonchev–Trinajstić information content (AvgIpc) is 2.97. The molecule has 0 bridgehead atoms. The van der Waals surface area contributed by atoms with Crippen molar-refractivity contribution in [2.75, 3.05) is 31.3 Å². The van der Waals surface area contributed by atoms with Crippen molar-refractivity contribution in [3.63, 3.8) is 0 Å². The predicted octanol–water partition coefficient (Wildman–Crippen LogP) is 4.33. The van der Waals surface area contributed by atoms with Gasteiger partial charge in [-0.1, -0.05) is 61.5 Å². The van der Waals surface area contributed by atoms with Crippen LogP contribution in [0.25, 0.3) is 0 Å². The van der Waals surface area contributed by atoms with Gasteiger partial charge in [-0.25, -0.2) is 8.42 Å². The number of rotatable bonds is 14. The summed E-state index contributed by atoms with van der Waals surface area (Å²) in [6, 6.07) is 20.8. The summed E-state index contributed by atoms with van der Waals surface area (Å²) >= 11 is 0. The molecule has 0 saturated carbocycles. The highest BCUT2D eigenvalue weighted by Crippen LogP contribution is 2.34. The van der Waals surface area contributed by atoms with E-state index in [1.165, 1.54) is 25.2 Å². The van der Waals surface area contributed by atoms with E-state index in [4.69, 9.17) is 9.47 Å². The first kappa shape index (κ1) is 32.5. The van der Waals surface area contributed by atoms with Crippen LogP contribution in [0, 0.1) is 6.92 Å². The quantitative estimate of drug-likeness (QED) is 0.298. The Morgan fingerprint density at radius 1 is 0.952 bits per heavy atom. The number of carbonyl (C=O) groups excluding carboxylic acids is 2. The minimum absolute atomic E-state index is 0.109. The lowest BCUT2D eigenvalue weighted by molar-refractivity contribution is -0.140. The lowest BCUT2D eigenvalue weighted by Gasteiger charge is -2.34. The first-order valence-electron chi connectivity index (χ1n) is 13.9. The van der Waals surface area contributed by atoms with Gasteiger partial charge in [-0.3, -0.25) is 13.9 Å². The van der Waals surface area contributed by atoms with Crippen molar-refractivity contribution in [2.45, 2.75) is 52.2 Å². The van der Waals surface area contributed by atoms with Crippen molar-refractivity contribution in [1.82, 2.24) is 10.2 Å². The summed E-state index contributed by atoms with van der Waals surface area (Å²) in [6.07, 6.45) is 2.01. The average molecular weight is 596 g/mol. The van der Waals surface area contributed by atoms with Gasteiger partial charge in [0.05, 0.1) is 26.2 Å². The van der Waals surface area contributed by atoms with Crippen LogP contribution >= 0.6 is 0 Å². The zero-order valence-electron chi connectivity index (χ0n) is 25.2. The van der Waals surface area contributed by atoms with Crippen molar-refractivity contribution >= 4 is 27.5 Å². The number of nitrogens with one attached hydrogen (secondary N) is 1. The molecule has 0 heterocycles. The summed E-state index contributed by atoms with van der Waals surface area (Å²) in [5.74, 6) is -0.126. The van der Waals surface area contributed by atoms with Gasteiger partial charge >= 0.3 is 0 Å². The number of sulfonamides is 1. The van der Waals surface area contributed by atoms with Crippen molar-refractivity contribution < 1.29 is 27.5 Å². The third kappa shape index (κ3) is 8.48. The standard InChI is InChI=1S/C32H41N3O6S/c1-7-24(3)33-32(37)29(19-25-14-9-8-10-15-25)34(21-26-16-12-11-13-23(26)2)31(36)22-35(42(6,38)39)28-18-17-27(40-4)20-30(28)41-5/h8-18,20,24,29H,7,19,21-22H2,1-6H3,(H,33,37)/t24-,29-/m0/s1. The van der Waals surface area contributed by atoms with Crippen LogP contribution in [0.5, 0.6) is 11.5 Å². The minimum Gasteiger partial charge on any atom is -0.497 e. The number of ether oxygens (including phenoxy) is 2. The predicted molar refractivity (Wildman–Crippen MR) is 165 cm³/mol. The number of hydrogen-bond acceptors (Lipinski definition) is 6. The third-order valence-electron chi connectivity index (χ3n) is 7.21. The maximum absolute atomic E-state index is 14.3. The van der Waals surface area contributed by atoms with Gasteiger partial charge in [-0.05, 0) is 49.1 Å². The SMILES string of the molecule is CC[C@H](C)NC(=O)[C@H](Cc1ccccc1)N(Cc1ccccc1C)C(=O)CN(c1ccc(OC)cc1OC)S(C)(=O)=O. The van der Waals surface area contributed by atoms with E-state index in [1.54, 1.807) is 12.1 Å². The highest BCUT2D eigenvalue weighted by atomic mass is 32.2. The maximum Gasteiger partial charge on any atom is 0.244 e.